The Morgan fingerprint density at radius 2 is 2.23 bits per heavy atom. The van der Waals surface area contributed by atoms with Gasteiger partial charge in [-0.1, -0.05) is 13.8 Å². The summed E-state index contributed by atoms with van der Waals surface area (Å²) < 4.78 is 5.47. The number of fused-ring (bicyclic) bond motifs is 3. The molecule has 118 valence electrons. The van der Waals surface area contributed by atoms with Crippen molar-refractivity contribution in [2.45, 2.75) is 25.8 Å². The monoisotopic (exact) mass is 304 g/mol. The number of ether oxygens (including phenoxy) is 1. The summed E-state index contributed by atoms with van der Waals surface area (Å²) in [4.78, 5) is 34.9. The van der Waals surface area contributed by atoms with Gasteiger partial charge in [0.1, 0.15) is 11.5 Å². The lowest BCUT2D eigenvalue weighted by molar-refractivity contribution is -0.125. The minimum absolute atomic E-state index is 0.0386. The third-order valence-electron chi connectivity index (χ3n) is 3.93. The molecule has 1 aromatic rings. The summed E-state index contributed by atoms with van der Waals surface area (Å²) in [5.41, 5.74) is 0.382. The third kappa shape index (κ3) is 2.94. The highest BCUT2D eigenvalue weighted by molar-refractivity contribution is 5.93. The van der Waals surface area contributed by atoms with Crippen LogP contribution in [0.25, 0.3) is 0 Å². The Balaban J connectivity index is 1.83. The highest BCUT2D eigenvalue weighted by atomic mass is 16.5. The highest BCUT2D eigenvalue weighted by Gasteiger charge is 2.35. The molecule has 7 nitrogen and oxygen atoms in total. The van der Waals surface area contributed by atoms with Crippen LogP contribution in [0.2, 0.25) is 0 Å². The summed E-state index contributed by atoms with van der Waals surface area (Å²) in [6, 6.07) is 1.47. The molecule has 2 bridgehead atoms. The van der Waals surface area contributed by atoms with E-state index in [1.807, 2.05) is 13.8 Å². The molecule has 1 aromatic heterocycles. The van der Waals surface area contributed by atoms with Crippen LogP contribution in [0.1, 0.15) is 36.1 Å². The zero-order valence-electron chi connectivity index (χ0n) is 12.8. The summed E-state index contributed by atoms with van der Waals surface area (Å²) in [5, 5.41) is 2.92. The minimum Gasteiger partial charge on any atom is -0.378 e. The maximum Gasteiger partial charge on any atom is 0.272 e. The lowest BCUT2D eigenvalue weighted by Crippen LogP contribution is -2.44. The van der Waals surface area contributed by atoms with Crippen molar-refractivity contribution in [3.05, 3.63) is 23.8 Å². The van der Waals surface area contributed by atoms with Crippen molar-refractivity contribution in [3.63, 3.8) is 0 Å². The lowest BCUT2D eigenvalue weighted by Gasteiger charge is -2.27. The van der Waals surface area contributed by atoms with Crippen molar-refractivity contribution in [1.29, 1.82) is 0 Å². The van der Waals surface area contributed by atoms with Gasteiger partial charge >= 0.3 is 0 Å². The minimum atomic E-state index is -0.317. The SMILES string of the molecule is CC(C)c1nccc(C(=O)N2C[C@H]3COC[C@@H](C2)C(=O)N3)n1. The second kappa shape index (κ2) is 6.00. The van der Waals surface area contributed by atoms with E-state index in [0.29, 0.717) is 37.8 Å². The second-order valence-corrected chi connectivity index (χ2v) is 6.10. The van der Waals surface area contributed by atoms with Gasteiger partial charge in [0.2, 0.25) is 5.91 Å². The quantitative estimate of drug-likeness (QED) is 0.843. The fourth-order valence-electron chi connectivity index (χ4n) is 2.73. The fourth-order valence-corrected chi connectivity index (χ4v) is 2.73. The van der Waals surface area contributed by atoms with Crippen molar-refractivity contribution in [3.8, 4) is 0 Å². The Bertz CT molecular complexity index is 590. The fraction of sp³-hybridized carbons (Fsp3) is 0.600. The van der Waals surface area contributed by atoms with Gasteiger partial charge in [-0.3, -0.25) is 9.59 Å². The van der Waals surface area contributed by atoms with Gasteiger partial charge in [-0.25, -0.2) is 9.97 Å². The topological polar surface area (TPSA) is 84.4 Å². The molecule has 0 radical (unpaired) electrons. The molecular formula is C15H20N4O3. The van der Waals surface area contributed by atoms with Crippen LogP contribution in [0.15, 0.2) is 12.3 Å². The van der Waals surface area contributed by atoms with Crippen LogP contribution >= 0.6 is 0 Å². The molecule has 22 heavy (non-hydrogen) atoms. The van der Waals surface area contributed by atoms with Crippen LogP contribution in [0.3, 0.4) is 0 Å². The van der Waals surface area contributed by atoms with E-state index in [2.05, 4.69) is 15.3 Å². The second-order valence-electron chi connectivity index (χ2n) is 6.10. The molecule has 3 heterocycles. The van der Waals surface area contributed by atoms with E-state index >= 15 is 0 Å². The number of carbonyl (C=O) groups excluding carboxylic acids is 2. The molecule has 0 spiro atoms. The number of carbonyl (C=O) groups is 2. The largest absolute Gasteiger partial charge is 0.378 e. The number of aromatic nitrogens is 2. The Kier molecular flexibility index (Phi) is 4.06. The number of hydrogen-bond donors (Lipinski definition) is 1. The molecule has 2 fully saturated rings. The van der Waals surface area contributed by atoms with Crippen LogP contribution in [-0.2, 0) is 9.53 Å². The lowest BCUT2D eigenvalue weighted by atomic mass is 10.1. The number of hydrogen-bond acceptors (Lipinski definition) is 5. The first-order chi connectivity index (χ1) is 10.5. The first-order valence-corrected chi connectivity index (χ1v) is 7.55. The molecular weight excluding hydrogens is 284 g/mol. The van der Waals surface area contributed by atoms with E-state index in [-0.39, 0.29) is 29.7 Å². The van der Waals surface area contributed by atoms with Gasteiger partial charge in [-0.15, -0.1) is 0 Å². The van der Waals surface area contributed by atoms with Crippen molar-refractivity contribution < 1.29 is 14.3 Å². The van der Waals surface area contributed by atoms with Gasteiger partial charge in [0.15, 0.2) is 0 Å². The van der Waals surface area contributed by atoms with Gasteiger partial charge in [0.25, 0.3) is 5.91 Å². The number of nitrogens with zero attached hydrogens (tertiary/aromatic N) is 3. The average molecular weight is 304 g/mol. The number of rotatable bonds is 2. The predicted octanol–water partition coefficient (Wildman–Crippen LogP) is 0.187. The molecule has 2 aliphatic rings. The molecule has 0 aromatic carbocycles. The first-order valence-electron chi connectivity index (χ1n) is 7.55. The van der Waals surface area contributed by atoms with E-state index in [4.69, 9.17) is 4.74 Å². The Morgan fingerprint density at radius 1 is 1.41 bits per heavy atom. The molecule has 2 aliphatic heterocycles. The van der Waals surface area contributed by atoms with Crippen molar-refractivity contribution >= 4 is 11.8 Å². The summed E-state index contributed by atoms with van der Waals surface area (Å²) in [6.07, 6.45) is 1.61. The van der Waals surface area contributed by atoms with E-state index in [1.165, 1.54) is 0 Å². The van der Waals surface area contributed by atoms with E-state index in [1.54, 1.807) is 17.2 Å². The highest BCUT2D eigenvalue weighted by Crippen LogP contribution is 2.16. The smallest absolute Gasteiger partial charge is 0.272 e. The van der Waals surface area contributed by atoms with Gasteiger partial charge in [-0.05, 0) is 6.07 Å². The van der Waals surface area contributed by atoms with Crippen molar-refractivity contribution in [2.24, 2.45) is 5.92 Å². The van der Waals surface area contributed by atoms with Crippen LogP contribution in [0.5, 0.6) is 0 Å². The predicted molar refractivity (Wildman–Crippen MR) is 78.3 cm³/mol. The van der Waals surface area contributed by atoms with Crippen LogP contribution in [0, 0.1) is 5.92 Å². The Hall–Kier alpha value is -2.02. The molecule has 1 N–H and O–H groups in total. The summed E-state index contributed by atoms with van der Waals surface area (Å²) >= 11 is 0. The zero-order chi connectivity index (χ0) is 15.7. The van der Waals surface area contributed by atoms with E-state index < -0.39 is 0 Å². The average Bonchev–Trinajstić information content (AvgIpc) is 2.75. The van der Waals surface area contributed by atoms with Gasteiger partial charge in [-0.2, -0.15) is 0 Å². The van der Waals surface area contributed by atoms with Crippen molar-refractivity contribution in [2.75, 3.05) is 26.3 Å². The Morgan fingerprint density at radius 3 is 3.00 bits per heavy atom. The normalized spacial score (nSPS) is 24.9. The molecule has 7 heteroatoms. The molecule has 2 atom stereocenters. The van der Waals surface area contributed by atoms with Crippen LogP contribution < -0.4 is 5.32 Å². The van der Waals surface area contributed by atoms with Gasteiger partial charge in [0, 0.05) is 25.2 Å². The van der Waals surface area contributed by atoms with Gasteiger partial charge < -0.3 is 15.0 Å². The van der Waals surface area contributed by atoms with Crippen LogP contribution in [-0.4, -0.2) is 59.0 Å². The van der Waals surface area contributed by atoms with Crippen LogP contribution in [0.4, 0.5) is 0 Å². The maximum absolute atomic E-state index is 12.7. The Labute approximate surface area is 129 Å². The summed E-state index contributed by atoms with van der Waals surface area (Å²) in [5.74, 6) is 0.301. The number of nitrogens with one attached hydrogen (secondary N) is 1. The molecule has 0 unspecified atom stereocenters. The molecule has 2 amide bonds. The van der Waals surface area contributed by atoms with Crippen molar-refractivity contribution in [1.82, 2.24) is 20.2 Å². The van der Waals surface area contributed by atoms with E-state index in [9.17, 15) is 9.59 Å². The molecule has 2 saturated heterocycles. The number of amides is 2. The summed E-state index contributed by atoms with van der Waals surface area (Å²) in [6.45, 7) is 5.57. The zero-order valence-corrected chi connectivity index (χ0v) is 12.8. The third-order valence-corrected chi connectivity index (χ3v) is 3.93. The summed E-state index contributed by atoms with van der Waals surface area (Å²) in [7, 11) is 0. The molecule has 0 aliphatic carbocycles. The molecule has 3 rings (SSSR count). The molecule has 0 saturated carbocycles. The van der Waals surface area contributed by atoms with E-state index in [0.717, 1.165) is 0 Å². The maximum atomic E-state index is 12.7. The van der Waals surface area contributed by atoms with Gasteiger partial charge in [0.05, 0.1) is 25.2 Å². The first kappa shape index (κ1) is 14.9. The standard InChI is InChI=1S/C15H20N4O3/c1-9(2)13-16-4-3-12(18-13)15(21)19-5-10-7-22-8-11(6-19)17-14(10)20/h3-4,9-11H,5-8H2,1-2H3,(H,17,20)/t10-,11+/m1/s1.